The van der Waals surface area contributed by atoms with Crippen LogP contribution >= 0.6 is 11.8 Å². The van der Waals surface area contributed by atoms with Gasteiger partial charge in [-0.1, -0.05) is 60.7 Å². The molecule has 0 N–H and O–H groups in total. The zero-order chi connectivity index (χ0) is 20.2. The van der Waals surface area contributed by atoms with Crippen molar-refractivity contribution in [1.29, 1.82) is 0 Å². The summed E-state index contributed by atoms with van der Waals surface area (Å²) in [4.78, 5) is 24.0. The van der Waals surface area contributed by atoms with Crippen molar-refractivity contribution in [3.63, 3.8) is 0 Å². The molecule has 6 heteroatoms. The third kappa shape index (κ3) is 4.22. The molecule has 1 aromatic heterocycles. The molecule has 0 saturated heterocycles. The Morgan fingerprint density at radius 3 is 2.34 bits per heavy atom. The Balaban J connectivity index is 1.56. The number of carbonyl (C=O) groups excluding carboxylic acids is 1. The predicted octanol–water partition coefficient (Wildman–Crippen LogP) is 5.57. The minimum atomic E-state index is -0.396. The highest BCUT2D eigenvalue weighted by Gasteiger charge is 2.12. The SMILES string of the molecule is O=C(CSc1cn(Cc2ccc([N+](=O)[O-])cc2)c2ccccc12)c1ccccc1. The molecule has 0 aliphatic carbocycles. The highest BCUT2D eigenvalue weighted by atomic mass is 32.2. The molecule has 0 radical (unpaired) electrons. The van der Waals surface area contributed by atoms with Gasteiger partial charge in [-0.05, 0) is 11.6 Å². The lowest BCUT2D eigenvalue weighted by molar-refractivity contribution is -0.384. The summed E-state index contributed by atoms with van der Waals surface area (Å²) >= 11 is 1.53. The number of nitro benzene ring substituents is 1. The van der Waals surface area contributed by atoms with Crippen molar-refractivity contribution in [2.24, 2.45) is 0 Å². The molecule has 29 heavy (non-hydrogen) atoms. The highest BCUT2D eigenvalue weighted by Crippen LogP contribution is 2.31. The maximum absolute atomic E-state index is 12.5. The number of non-ortho nitro benzene ring substituents is 1. The van der Waals surface area contributed by atoms with E-state index in [0.717, 1.165) is 26.9 Å². The van der Waals surface area contributed by atoms with E-state index in [0.29, 0.717) is 12.3 Å². The Kier molecular flexibility index (Phi) is 5.44. The lowest BCUT2D eigenvalue weighted by Gasteiger charge is -2.05. The number of nitrogens with zero attached hydrogens (tertiary/aromatic N) is 2. The second-order valence-electron chi connectivity index (χ2n) is 6.64. The average Bonchev–Trinajstić information content (AvgIpc) is 3.10. The van der Waals surface area contributed by atoms with Crippen molar-refractivity contribution in [1.82, 2.24) is 4.57 Å². The largest absolute Gasteiger partial charge is 0.342 e. The van der Waals surface area contributed by atoms with Crippen LogP contribution in [-0.4, -0.2) is 21.0 Å². The van der Waals surface area contributed by atoms with Gasteiger partial charge in [0, 0.05) is 46.2 Å². The van der Waals surface area contributed by atoms with Gasteiger partial charge in [-0.25, -0.2) is 0 Å². The average molecular weight is 402 g/mol. The molecule has 3 aromatic carbocycles. The molecular weight excluding hydrogens is 384 g/mol. The van der Waals surface area contributed by atoms with E-state index in [1.54, 1.807) is 12.1 Å². The van der Waals surface area contributed by atoms with Gasteiger partial charge < -0.3 is 4.57 Å². The van der Waals surface area contributed by atoms with E-state index in [9.17, 15) is 14.9 Å². The first-order valence-electron chi connectivity index (χ1n) is 9.14. The maximum Gasteiger partial charge on any atom is 0.269 e. The van der Waals surface area contributed by atoms with E-state index < -0.39 is 4.92 Å². The minimum absolute atomic E-state index is 0.0850. The van der Waals surface area contributed by atoms with Crippen LogP contribution in [0.15, 0.2) is 90.0 Å². The predicted molar refractivity (Wildman–Crippen MR) is 116 cm³/mol. The maximum atomic E-state index is 12.5. The Bertz CT molecular complexity index is 1170. The van der Waals surface area contributed by atoms with E-state index in [4.69, 9.17) is 0 Å². The number of thioether (sulfide) groups is 1. The molecule has 4 aromatic rings. The Hall–Kier alpha value is -3.38. The van der Waals surface area contributed by atoms with E-state index in [2.05, 4.69) is 16.8 Å². The lowest BCUT2D eigenvalue weighted by atomic mass is 10.2. The van der Waals surface area contributed by atoms with Crippen LogP contribution < -0.4 is 0 Å². The van der Waals surface area contributed by atoms with Crippen LogP contribution in [0.4, 0.5) is 5.69 Å². The van der Waals surface area contributed by atoms with Gasteiger partial charge in [-0.3, -0.25) is 14.9 Å². The number of fused-ring (bicyclic) bond motifs is 1. The smallest absolute Gasteiger partial charge is 0.269 e. The van der Waals surface area contributed by atoms with E-state index in [1.165, 1.54) is 23.9 Å². The summed E-state index contributed by atoms with van der Waals surface area (Å²) in [7, 11) is 0. The number of ketones is 1. The fourth-order valence-electron chi connectivity index (χ4n) is 3.23. The molecule has 4 rings (SSSR count). The zero-order valence-electron chi connectivity index (χ0n) is 15.5. The van der Waals surface area contributed by atoms with Gasteiger partial charge in [0.1, 0.15) is 0 Å². The van der Waals surface area contributed by atoms with Crippen molar-refractivity contribution in [3.05, 3.63) is 106 Å². The van der Waals surface area contributed by atoms with Gasteiger partial charge in [0.15, 0.2) is 5.78 Å². The molecule has 0 unspecified atom stereocenters. The molecule has 0 spiro atoms. The van der Waals surface area contributed by atoms with Gasteiger partial charge in [0.05, 0.1) is 10.7 Å². The van der Waals surface area contributed by atoms with Crippen molar-refractivity contribution in [3.8, 4) is 0 Å². The van der Waals surface area contributed by atoms with E-state index in [-0.39, 0.29) is 11.5 Å². The molecular formula is C23H18N2O3S. The summed E-state index contributed by atoms with van der Waals surface area (Å²) in [5.41, 5.74) is 2.85. The van der Waals surface area contributed by atoms with Crippen molar-refractivity contribution >= 4 is 34.1 Å². The summed E-state index contributed by atoms with van der Waals surface area (Å²) in [6, 6.07) is 24.0. The molecule has 0 bridgehead atoms. The molecule has 1 heterocycles. The first kappa shape index (κ1) is 19.0. The minimum Gasteiger partial charge on any atom is -0.342 e. The molecule has 0 amide bonds. The van der Waals surface area contributed by atoms with Crippen LogP contribution in [-0.2, 0) is 6.54 Å². The van der Waals surface area contributed by atoms with Crippen LogP contribution in [0.3, 0.4) is 0 Å². The van der Waals surface area contributed by atoms with Crippen LogP contribution in [0.5, 0.6) is 0 Å². The Labute approximate surface area is 172 Å². The fourth-order valence-corrected chi connectivity index (χ4v) is 4.21. The molecule has 0 aliphatic rings. The number of rotatable bonds is 7. The van der Waals surface area contributed by atoms with Crippen LogP contribution in [0.25, 0.3) is 10.9 Å². The van der Waals surface area contributed by atoms with Crippen LogP contribution in [0.2, 0.25) is 0 Å². The van der Waals surface area contributed by atoms with E-state index in [1.807, 2.05) is 48.5 Å². The molecule has 0 fully saturated rings. The monoisotopic (exact) mass is 402 g/mol. The van der Waals surface area contributed by atoms with Crippen molar-refractivity contribution < 1.29 is 9.72 Å². The Morgan fingerprint density at radius 1 is 0.931 bits per heavy atom. The van der Waals surface area contributed by atoms with Crippen LogP contribution in [0, 0.1) is 10.1 Å². The first-order chi connectivity index (χ1) is 14.1. The summed E-state index contributed by atoms with van der Waals surface area (Å²) in [6.45, 7) is 0.603. The molecule has 144 valence electrons. The summed E-state index contributed by atoms with van der Waals surface area (Å²) in [5, 5.41) is 11.9. The standard InChI is InChI=1S/C23H18N2O3S/c26-22(18-6-2-1-3-7-18)16-29-23-15-24(21-9-5-4-8-20(21)23)14-17-10-12-19(13-11-17)25(27)28/h1-13,15H,14,16H2. The molecule has 0 aliphatic heterocycles. The third-order valence-electron chi connectivity index (χ3n) is 4.71. The highest BCUT2D eigenvalue weighted by molar-refractivity contribution is 8.00. The molecule has 0 saturated carbocycles. The van der Waals surface area contributed by atoms with Crippen molar-refractivity contribution in [2.45, 2.75) is 11.4 Å². The third-order valence-corrected chi connectivity index (χ3v) is 5.75. The van der Waals surface area contributed by atoms with Crippen molar-refractivity contribution in [2.75, 3.05) is 5.75 Å². The second kappa shape index (κ2) is 8.32. The summed E-state index contributed by atoms with van der Waals surface area (Å²) < 4.78 is 2.12. The number of nitro groups is 1. The topological polar surface area (TPSA) is 65.1 Å². The number of hydrogen-bond acceptors (Lipinski definition) is 4. The Morgan fingerprint density at radius 2 is 1.62 bits per heavy atom. The van der Waals surface area contributed by atoms with E-state index >= 15 is 0 Å². The first-order valence-corrected chi connectivity index (χ1v) is 10.1. The van der Waals surface area contributed by atoms with Gasteiger partial charge >= 0.3 is 0 Å². The van der Waals surface area contributed by atoms with Gasteiger partial charge in [0.2, 0.25) is 0 Å². The summed E-state index contributed by atoms with van der Waals surface area (Å²) in [6.07, 6.45) is 2.05. The fraction of sp³-hybridized carbons (Fsp3) is 0.0870. The summed E-state index contributed by atoms with van der Waals surface area (Å²) in [5.74, 6) is 0.470. The second-order valence-corrected chi connectivity index (χ2v) is 7.66. The number of para-hydroxylation sites is 1. The zero-order valence-corrected chi connectivity index (χ0v) is 16.3. The lowest BCUT2D eigenvalue weighted by Crippen LogP contribution is -2.01. The number of benzene rings is 3. The van der Waals surface area contributed by atoms with Gasteiger partial charge in [0.25, 0.3) is 5.69 Å². The number of aromatic nitrogens is 1. The molecule has 0 atom stereocenters. The van der Waals surface area contributed by atoms with Gasteiger partial charge in [-0.15, -0.1) is 11.8 Å². The van der Waals surface area contributed by atoms with Crippen LogP contribution in [0.1, 0.15) is 15.9 Å². The quantitative estimate of drug-likeness (QED) is 0.175. The molecule has 5 nitrogen and oxygen atoms in total. The number of hydrogen-bond donors (Lipinski definition) is 0. The number of Topliss-reactive ketones (excluding diaryl/α,β-unsaturated/α-hetero) is 1. The normalized spacial score (nSPS) is 10.9. The van der Waals surface area contributed by atoms with Gasteiger partial charge in [-0.2, -0.15) is 0 Å². The number of carbonyl (C=O) groups is 1.